The van der Waals surface area contributed by atoms with Crippen molar-refractivity contribution in [2.45, 2.75) is 25.9 Å². The molecule has 123 valence electrons. The van der Waals surface area contributed by atoms with Crippen LogP contribution in [0.3, 0.4) is 0 Å². The third-order valence-corrected chi connectivity index (χ3v) is 3.24. The van der Waals surface area contributed by atoms with Crippen molar-refractivity contribution < 1.29 is 13.1 Å². The molecule has 1 heterocycles. The van der Waals surface area contributed by atoms with Crippen LogP contribution in [0.1, 0.15) is 13.8 Å². The Hall–Kier alpha value is 0.899. The maximum absolute atomic E-state index is 4.80. The first-order valence-electron chi connectivity index (χ1n) is 7.18. The van der Waals surface area contributed by atoms with Crippen molar-refractivity contribution in [3.63, 3.8) is 0 Å². The van der Waals surface area contributed by atoms with Crippen LogP contribution in [0.2, 0.25) is 0 Å². The van der Waals surface area contributed by atoms with Crippen molar-refractivity contribution in [1.82, 2.24) is 26.6 Å². The van der Waals surface area contributed by atoms with Crippen molar-refractivity contribution >= 4 is 20.2 Å². The molecule has 0 aromatic heterocycles. The van der Waals surface area contributed by atoms with Crippen LogP contribution in [0.15, 0.2) is 0 Å². The van der Waals surface area contributed by atoms with E-state index in [0.717, 1.165) is 52.4 Å². The van der Waals surface area contributed by atoms with Crippen LogP contribution in [0.4, 0.5) is 0 Å². The molecule has 0 saturated carbocycles. The number of hydrogen-bond donors (Lipinski definition) is 5. The van der Waals surface area contributed by atoms with Crippen molar-refractivity contribution in [1.29, 1.82) is 0 Å². The summed E-state index contributed by atoms with van der Waals surface area (Å²) in [7, 11) is 9.59. The van der Waals surface area contributed by atoms with Gasteiger partial charge in [-0.25, -0.2) is 0 Å². The zero-order valence-electron chi connectivity index (χ0n) is 12.4. The van der Waals surface area contributed by atoms with Gasteiger partial charge in [0.2, 0.25) is 0 Å². The maximum atomic E-state index is 4.80. The molecule has 2 unspecified atom stereocenters. The molecule has 0 aromatic carbocycles. The van der Waals surface area contributed by atoms with Crippen LogP contribution in [0.25, 0.3) is 0 Å². The van der Waals surface area contributed by atoms with Gasteiger partial charge in [-0.3, -0.25) is 0 Å². The van der Waals surface area contributed by atoms with E-state index in [1.807, 2.05) is 0 Å². The van der Waals surface area contributed by atoms with E-state index in [0.29, 0.717) is 12.1 Å². The fraction of sp³-hybridized carbons (Fsp3) is 1.00. The van der Waals surface area contributed by atoms with Gasteiger partial charge in [0.25, 0.3) is 0 Å². The first-order chi connectivity index (χ1) is 9.72. The third-order valence-electron chi connectivity index (χ3n) is 3.24. The second-order valence-corrected chi connectivity index (χ2v) is 6.74. The van der Waals surface area contributed by atoms with Crippen molar-refractivity contribution in [2.75, 3.05) is 52.4 Å². The van der Waals surface area contributed by atoms with Crippen LogP contribution >= 0.6 is 20.2 Å². The van der Waals surface area contributed by atoms with Gasteiger partial charge < -0.3 is 26.6 Å². The van der Waals surface area contributed by atoms with Gasteiger partial charge in [0.15, 0.2) is 0 Å². The molecule has 0 bridgehead atoms. The molecule has 0 radical (unpaired) electrons. The van der Waals surface area contributed by atoms with Crippen LogP contribution in [-0.4, -0.2) is 64.4 Å². The van der Waals surface area contributed by atoms with Gasteiger partial charge in [0.05, 0.1) is 0 Å². The molecule has 1 fully saturated rings. The summed E-state index contributed by atoms with van der Waals surface area (Å²) in [5, 5.41) is 17.3. The summed E-state index contributed by atoms with van der Waals surface area (Å²) in [6.07, 6.45) is 0. The number of halogens is 2. The van der Waals surface area contributed by atoms with Crippen LogP contribution in [0.5, 0.6) is 0 Å². The molecular weight excluding hydrogens is 340 g/mol. The molecule has 5 nitrogen and oxygen atoms in total. The van der Waals surface area contributed by atoms with Crippen LogP contribution < -0.4 is 26.6 Å². The molecule has 1 saturated heterocycles. The minimum absolute atomic E-state index is 0.00694. The van der Waals surface area contributed by atoms with E-state index >= 15 is 0 Å². The average Bonchev–Trinajstić information content (AvgIpc) is 2.44. The monoisotopic (exact) mass is 368 g/mol. The Kier molecular flexibility index (Phi) is 17.0. The molecule has 0 spiro atoms. The number of nitrogens with one attached hydrogen (secondary N) is 5. The third kappa shape index (κ3) is 13.9. The molecular formula is C12H29Cl2MnN5. The molecule has 0 aliphatic carbocycles. The van der Waals surface area contributed by atoms with Gasteiger partial charge in [-0.2, -0.15) is 0 Å². The van der Waals surface area contributed by atoms with E-state index in [4.69, 9.17) is 20.2 Å². The Morgan fingerprint density at radius 1 is 0.650 bits per heavy atom. The second kappa shape index (κ2) is 16.3. The molecule has 0 amide bonds. The Bertz CT molecular complexity index is 185. The summed E-state index contributed by atoms with van der Waals surface area (Å²) in [5.41, 5.74) is 0. The second-order valence-electron chi connectivity index (χ2n) is 4.79. The Balaban J connectivity index is 0.00000110. The van der Waals surface area contributed by atoms with Gasteiger partial charge in [-0.05, 0) is 13.8 Å². The number of rotatable bonds is 0. The zero-order valence-corrected chi connectivity index (χ0v) is 15.1. The first kappa shape index (κ1) is 20.9. The Morgan fingerprint density at radius 3 is 1.20 bits per heavy atom. The number of hydrogen-bond acceptors (Lipinski definition) is 5. The van der Waals surface area contributed by atoms with E-state index in [9.17, 15) is 0 Å². The van der Waals surface area contributed by atoms with E-state index in [2.05, 4.69) is 40.4 Å². The quantitative estimate of drug-likeness (QED) is 0.392. The van der Waals surface area contributed by atoms with E-state index in [-0.39, 0.29) is 13.1 Å². The summed E-state index contributed by atoms with van der Waals surface area (Å²) in [5.74, 6) is 0. The van der Waals surface area contributed by atoms with Crippen molar-refractivity contribution in [2.24, 2.45) is 0 Å². The summed E-state index contributed by atoms with van der Waals surface area (Å²) in [4.78, 5) is 0. The predicted molar refractivity (Wildman–Crippen MR) is 85.2 cm³/mol. The molecule has 8 heteroatoms. The summed E-state index contributed by atoms with van der Waals surface area (Å²) >= 11 is 0.00694. The molecule has 1 aliphatic heterocycles. The molecule has 2 atom stereocenters. The van der Waals surface area contributed by atoms with Crippen molar-refractivity contribution in [3.8, 4) is 0 Å². The van der Waals surface area contributed by atoms with Gasteiger partial charge >= 0.3 is 33.3 Å². The Morgan fingerprint density at radius 2 is 0.900 bits per heavy atom. The summed E-state index contributed by atoms with van der Waals surface area (Å²) in [6, 6.07) is 1.03. The van der Waals surface area contributed by atoms with Crippen LogP contribution in [-0.2, 0) is 13.1 Å². The van der Waals surface area contributed by atoms with E-state index in [1.54, 1.807) is 0 Å². The molecule has 1 aliphatic rings. The van der Waals surface area contributed by atoms with Gasteiger partial charge in [0.1, 0.15) is 0 Å². The summed E-state index contributed by atoms with van der Waals surface area (Å²) < 4.78 is 0. The van der Waals surface area contributed by atoms with E-state index in [1.165, 1.54) is 0 Å². The van der Waals surface area contributed by atoms with E-state index < -0.39 is 0 Å². The standard InChI is InChI=1S/C12H29N5.2ClH.Mn/c1-11-12(2)17-10-8-15-6-4-13-3-5-14-7-9-16-11;;;/h11-17H,3-10H2,1-2H3;2*1H;/q;;;+2/p-2. The van der Waals surface area contributed by atoms with Crippen LogP contribution in [0, 0.1) is 0 Å². The Labute approximate surface area is 138 Å². The fourth-order valence-corrected chi connectivity index (χ4v) is 1.86. The molecule has 5 N–H and O–H groups in total. The van der Waals surface area contributed by atoms with Gasteiger partial charge in [0, 0.05) is 64.4 Å². The normalized spacial score (nSPS) is 27.6. The zero-order chi connectivity index (χ0) is 15.1. The van der Waals surface area contributed by atoms with Crippen molar-refractivity contribution in [3.05, 3.63) is 0 Å². The minimum atomic E-state index is 0.00694. The molecule has 1 rings (SSSR count). The first-order valence-corrected chi connectivity index (χ1v) is 10.4. The fourth-order valence-electron chi connectivity index (χ4n) is 1.86. The molecule has 0 aromatic rings. The molecule has 20 heavy (non-hydrogen) atoms. The topological polar surface area (TPSA) is 60.1 Å². The summed E-state index contributed by atoms with van der Waals surface area (Å²) in [6.45, 7) is 12.8. The SMILES string of the molecule is CC1NCCNCCNCCNCCNC1C.[Cl][Mn][Cl]. The van der Waals surface area contributed by atoms with Gasteiger partial charge in [-0.15, -0.1) is 0 Å². The van der Waals surface area contributed by atoms with Gasteiger partial charge in [-0.1, -0.05) is 0 Å². The average molecular weight is 369 g/mol. The predicted octanol–water partition coefficient (Wildman–Crippen LogP) is 0.102.